The molecule has 0 aromatic carbocycles. The number of carbonyl (C=O) groups excluding carboxylic acids is 1. The molecule has 0 unspecified atom stereocenters. The van der Waals surface area contributed by atoms with Crippen LogP contribution in [0.2, 0.25) is 0 Å². The molecule has 0 saturated carbocycles. The van der Waals surface area contributed by atoms with Crippen molar-refractivity contribution < 1.29 is 4.79 Å². The lowest BCUT2D eigenvalue weighted by Crippen LogP contribution is -2.36. The smallest absolute Gasteiger partial charge is 0.245 e. The van der Waals surface area contributed by atoms with Crippen LogP contribution in [0.1, 0.15) is 24.3 Å². The first-order valence-corrected chi connectivity index (χ1v) is 6.19. The summed E-state index contributed by atoms with van der Waals surface area (Å²) < 4.78 is 0. The minimum Gasteiger partial charge on any atom is -0.339 e. The molecule has 1 aromatic heterocycles. The van der Waals surface area contributed by atoms with Gasteiger partial charge in [0, 0.05) is 13.1 Å². The van der Waals surface area contributed by atoms with Crippen LogP contribution in [0.15, 0.2) is 29.5 Å². The number of rotatable bonds is 2. The average molecular weight is 221 g/mol. The van der Waals surface area contributed by atoms with E-state index in [1.807, 2.05) is 4.90 Å². The van der Waals surface area contributed by atoms with Crippen molar-refractivity contribution >= 4 is 17.2 Å². The van der Waals surface area contributed by atoms with Crippen LogP contribution in [-0.4, -0.2) is 23.9 Å². The first-order chi connectivity index (χ1) is 7.31. The largest absolute Gasteiger partial charge is 0.339 e. The van der Waals surface area contributed by atoms with Crippen molar-refractivity contribution in [2.75, 3.05) is 13.1 Å². The average Bonchev–Trinajstić information content (AvgIpc) is 2.82. The summed E-state index contributed by atoms with van der Waals surface area (Å²) in [6, 6.07) is 2.19. The summed E-state index contributed by atoms with van der Waals surface area (Å²) in [6.07, 6.45) is 3.57. The molecule has 2 heterocycles. The van der Waals surface area contributed by atoms with Gasteiger partial charge in [0.15, 0.2) is 0 Å². The number of hydrogen-bond donors (Lipinski definition) is 0. The molecular weight excluding hydrogens is 206 g/mol. The molecule has 1 aromatic rings. The topological polar surface area (TPSA) is 20.3 Å². The fourth-order valence-corrected chi connectivity index (χ4v) is 2.81. The number of nitrogens with zero attached hydrogens (tertiary/aromatic N) is 1. The van der Waals surface area contributed by atoms with Gasteiger partial charge in [0.25, 0.3) is 0 Å². The van der Waals surface area contributed by atoms with Crippen molar-refractivity contribution in [3.63, 3.8) is 0 Å². The summed E-state index contributed by atoms with van der Waals surface area (Å²) in [4.78, 5) is 13.3. The first kappa shape index (κ1) is 10.4. The quantitative estimate of drug-likeness (QED) is 0.703. The normalized spacial score (nSPS) is 17.7. The van der Waals surface area contributed by atoms with Gasteiger partial charge in [-0.1, -0.05) is 6.58 Å². The maximum atomic E-state index is 11.4. The van der Waals surface area contributed by atoms with Gasteiger partial charge in [-0.2, -0.15) is 11.3 Å². The highest BCUT2D eigenvalue weighted by molar-refractivity contribution is 7.07. The van der Waals surface area contributed by atoms with Gasteiger partial charge < -0.3 is 4.90 Å². The third-order valence-corrected chi connectivity index (χ3v) is 3.70. The highest BCUT2D eigenvalue weighted by Gasteiger charge is 2.22. The zero-order valence-electron chi connectivity index (χ0n) is 8.69. The lowest BCUT2D eigenvalue weighted by molar-refractivity contribution is -0.127. The Morgan fingerprint density at radius 1 is 1.53 bits per heavy atom. The molecule has 0 bridgehead atoms. The van der Waals surface area contributed by atoms with Crippen molar-refractivity contribution in [3.05, 3.63) is 35.0 Å². The second-order valence-corrected chi connectivity index (χ2v) is 4.64. The summed E-state index contributed by atoms with van der Waals surface area (Å²) >= 11 is 1.75. The predicted octanol–water partition coefficient (Wildman–Crippen LogP) is 2.64. The molecule has 2 nitrogen and oxygen atoms in total. The molecule has 0 aliphatic carbocycles. The molecule has 1 aliphatic rings. The van der Waals surface area contributed by atoms with Gasteiger partial charge in [-0.25, -0.2) is 0 Å². The Kier molecular flexibility index (Phi) is 3.21. The fraction of sp³-hybridized carbons (Fsp3) is 0.417. The number of thiophene rings is 1. The van der Waals surface area contributed by atoms with E-state index in [9.17, 15) is 4.79 Å². The standard InChI is InChI=1S/C12H15NOS/c1-2-12(14)13-6-3-10(4-7-13)11-5-8-15-9-11/h2,5,8-10H,1,3-4,6-7H2. The molecule has 1 amide bonds. The third kappa shape index (κ3) is 2.29. The zero-order valence-corrected chi connectivity index (χ0v) is 9.50. The summed E-state index contributed by atoms with van der Waals surface area (Å²) in [5.41, 5.74) is 1.44. The van der Waals surface area contributed by atoms with Gasteiger partial charge in [0.1, 0.15) is 0 Å². The predicted molar refractivity (Wildman–Crippen MR) is 63.1 cm³/mol. The molecular formula is C12H15NOS. The van der Waals surface area contributed by atoms with E-state index in [4.69, 9.17) is 0 Å². The van der Waals surface area contributed by atoms with E-state index >= 15 is 0 Å². The Balaban J connectivity index is 1.92. The van der Waals surface area contributed by atoms with Crippen LogP contribution in [0.5, 0.6) is 0 Å². The number of likely N-dealkylation sites (tertiary alicyclic amines) is 1. The summed E-state index contributed by atoms with van der Waals surface area (Å²) in [7, 11) is 0. The van der Waals surface area contributed by atoms with Gasteiger partial charge in [0.05, 0.1) is 0 Å². The molecule has 2 rings (SSSR count). The van der Waals surface area contributed by atoms with E-state index in [0.29, 0.717) is 5.92 Å². The van der Waals surface area contributed by atoms with Crippen LogP contribution in [0, 0.1) is 0 Å². The van der Waals surface area contributed by atoms with Gasteiger partial charge >= 0.3 is 0 Å². The Morgan fingerprint density at radius 2 is 2.27 bits per heavy atom. The van der Waals surface area contributed by atoms with Crippen LogP contribution < -0.4 is 0 Å². The number of carbonyl (C=O) groups is 1. The summed E-state index contributed by atoms with van der Waals surface area (Å²) in [6.45, 7) is 5.25. The summed E-state index contributed by atoms with van der Waals surface area (Å²) in [5, 5.41) is 4.34. The van der Waals surface area contributed by atoms with Crippen LogP contribution in [0.4, 0.5) is 0 Å². The van der Waals surface area contributed by atoms with Gasteiger partial charge in [-0.15, -0.1) is 0 Å². The molecule has 0 radical (unpaired) electrons. The van der Waals surface area contributed by atoms with Crippen LogP contribution >= 0.6 is 11.3 Å². The van der Waals surface area contributed by atoms with Crippen LogP contribution in [-0.2, 0) is 4.79 Å². The highest BCUT2D eigenvalue weighted by Crippen LogP contribution is 2.29. The Morgan fingerprint density at radius 3 is 2.80 bits per heavy atom. The maximum absolute atomic E-state index is 11.4. The van der Waals surface area contributed by atoms with Crippen molar-refractivity contribution in [1.82, 2.24) is 4.90 Å². The molecule has 1 fully saturated rings. The molecule has 0 atom stereocenters. The van der Waals surface area contributed by atoms with E-state index in [0.717, 1.165) is 25.9 Å². The van der Waals surface area contributed by atoms with E-state index < -0.39 is 0 Å². The SMILES string of the molecule is C=CC(=O)N1CCC(c2ccsc2)CC1. The van der Waals surface area contributed by atoms with Crippen LogP contribution in [0.3, 0.4) is 0 Å². The minimum absolute atomic E-state index is 0.0683. The third-order valence-electron chi connectivity index (χ3n) is 3.00. The molecule has 1 aliphatic heterocycles. The number of piperidine rings is 1. The molecule has 0 spiro atoms. The fourth-order valence-electron chi connectivity index (χ4n) is 2.07. The molecule has 15 heavy (non-hydrogen) atoms. The van der Waals surface area contributed by atoms with E-state index in [2.05, 4.69) is 23.4 Å². The first-order valence-electron chi connectivity index (χ1n) is 5.24. The van der Waals surface area contributed by atoms with Crippen LogP contribution in [0.25, 0.3) is 0 Å². The van der Waals surface area contributed by atoms with Crippen molar-refractivity contribution in [2.24, 2.45) is 0 Å². The molecule has 1 saturated heterocycles. The number of amides is 1. The number of hydrogen-bond acceptors (Lipinski definition) is 2. The Hall–Kier alpha value is -1.09. The lowest BCUT2D eigenvalue weighted by atomic mass is 9.91. The van der Waals surface area contributed by atoms with E-state index in [1.54, 1.807) is 11.3 Å². The van der Waals surface area contributed by atoms with Crippen molar-refractivity contribution in [2.45, 2.75) is 18.8 Å². The van der Waals surface area contributed by atoms with Gasteiger partial charge in [-0.3, -0.25) is 4.79 Å². The lowest BCUT2D eigenvalue weighted by Gasteiger charge is -2.31. The zero-order chi connectivity index (χ0) is 10.7. The molecule has 80 valence electrons. The Labute approximate surface area is 94.2 Å². The molecule has 3 heteroatoms. The van der Waals surface area contributed by atoms with Gasteiger partial charge in [-0.05, 0) is 47.2 Å². The van der Waals surface area contributed by atoms with Crippen molar-refractivity contribution in [3.8, 4) is 0 Å². The van der Waals surface area contributed by atoms with E-state index in [1.165, 1.54) is 11.6 Å². The van der Waals surface area contributed by atoms with Gasteiger partial charge in [0.2, 0.25) is 5.91 Å². The Bertz CT molecular complexity index is 337. The molecule has 0 N–H and O–H groups in total. The second kappa shape index (κ2) is 4.62. The highest BCUT2D eigenvalue weighted by atomic mass is 32.1. The van der Waals surface area contributed by atoms with Crippen molar-refractivity contribution in [1.29, 1.82) is 0 Å². The maximum Gasteiger partial charge on any atom is 0.245 e. The minimum atomic E-state index is 0.0683. The van der Waals surface area contributed by atoms with E-state index in [-0.39, 0.29) is 5.91 Å². The monoisotopic (exact) mass is 221 g/mol. The summed E-state index contributed by atoms with van der Waals surface area (Å²) in [5.74, 6) is 0.712. The second-order valence-electron chi connectivity index (χ2n) is 3.86.